The van der Waals surface area contributed by atoms with Crippen molar-refractivity contribution in [3.8, 4) is 22.3 Å². The van der Waals surface area contributed by atoms with Gasteiger partial charge in [0, 0.05) is 23.0 Å². The largest absolute Gasteiger partial charge is 0.310 e. The molecule has 0 saturated carbocycles. The summed E-state index contributed by atoms with van der Waals surface area (Å²) in [7, 11) is 0. The summed E-state index contributed by atoms with van der Waals surface area (Å²) in [6.45, 7) is 4.85. The lowest BCUT2D eigenvalue weighted by Gasteiger charge is -2.32. The molecular formula is C53H41N. The highest BCUT2D eigenvalue weighted by Crippen LogP contribution is 2.58. The zero-order valence-corrected chi connectivity index (χ0v) is 30.7. The lowest BCUT2D eigenvalue weighted by Crippen LogP contribution is -2.26. The fourth-order valence-corrected chi connectivity index (χ4v) is 9.19. The predicted octanol–water partition coefficient (Wildman–Crippen LogP) is 14.4. The molecule has 0 bridgehead atoms. The van der Waals surface area contributed by atoms with Crippen LogP contribution in [0.1, 0.15) is 36.5 Å². The minimum atomic E-state index is -0.0255. The van der Waals surface area contributed by atoms with Crippen LogP contribution in [0.4, 0.5) is 17.1 Å². The van der Waals surface area contributed by atoms with Gasteiger partial charge >= 0.3 is 0 Å². The van der Waals surface area contributed by atoms with E-state index < -0.39 is 0 Å². The molecule has 0 N–H and O–H groups in total. The van der Waals surface area contributed by atoms with E-state index in [1.807, 2.05) is 0 Å². The van der Waals surface area contributed by atoms with E-state index in [9.17, 15) is 0 Å². The third-order valence-electron chi connectivity index (χ3n) is 12.0. The van der Waals surface area contributed by atoms with Gasteiger partial charge in [-0.15, -0.1) is 0 Å². The van der Waals surface area contributed by atoms with Crippen LogP contribution in [0.25, 0.3) is 49.4 Å². The van der Waals surface area contributed by atoms with Gasteiger partial charge in [-0.3, -0.25) is 0 Å². The number of hydrogen-bond donors (Lipinski definition) is 0. The molecule has 0 heterocycles. The van der Waals surface area contributed by atoms with Gasteiger partial charge in [-0.1, -0.05) is 159 Å². The minimum Gasteiger partial charge on any atom is -0.310 e. The second-order valence-electron chi connectivity index (χ2n) is 15.4. The van der Waals surface area contributed by atoms with Gasteiger partial charge in [0.15, 0.2) is 0 Å². The van der Waals surface area contributed by atoms with Gasteiger partial charge in [-0.25, -0.2) is 0 Å². The number of anilines is 3. The van der Waals surface area contributed by atoms with Crippen molar-refractivity contribution in [3.63, 3.8) is 0 Å². The molecule has 0 saturated heterocycles. The zero-order valence-electron chi connectivity index (χ0n) is 30.7. The molecule has 258 valence electrons. The average Bonchev–Trinajstić information content (AvgIpc) is 3.46. The minimum absolute atomic E-state index is 0.0255. The Hall–Kier alpha value is -6.44. The van der Waals surface area contributed by atoms with Crippen LogP contribution < -0.4 is 4.90 Å². The molecule has 54 heavy (non-hydrogen) atoms. The smallest absolute Gasteiger partial charge is 0.0464 e. The maximum Gasteiger partial charge on any atom is 0.0464 e. The first-order valence-corrected chi connectivity index (χ1v) is 19.1. The molecule has 8 aromatic rings. The lowest BCUT2D eigenvalue weighted by molar-refractivity contribution is 0.399. The molecule has 1 nitrogen and oxygen atoms in total. The van der Waals surface area contributed by atoms with Crippen LogP contribution in [0.5, 0.6) is 0 Å². The Labute approximate surface area is 318 Å². The topological polar surface area (TPSA) is 3.24 Å². The predicted molar refractivity (Wildman–Crippen MR) is 230 cm³/mol. The number of fused-ring (bicyclic) bond motifs is 5. The maximum atomic E-state index is 2.46. The Morgan fingerprint density at radius 3 is 1.70 bits per heavy atom. The number of rotatable bonds is 6. The number of para-hydroxylation sites is 1. The standard InChI is InChI=1S/C53H41N/c1-53(2)50-23-13-22-46(37-15-5-3-6-16-37)52(50)47-31-30-45(35-51(47)53)54(43-20-7-4-8-21-43)44-28-26-38(27-29-44)48-33-40-18-11-12-19-41(40)34-49(48)42-25-24-36-14-9-10-17-39(36)32-42/h3-35,50,52H,1-2H3. The summed E-state index contributed by atoms with van der Waals surface area (Å²) in [4.78, 5) is 2.41. The van der Waals surface area contributed by atoms with Crippen LogP contribution in [-0.4, -0.2) is 0 Å². The first-order valence-electron chi connectivity index (χ1n) is 19.1. The van der Waals surface area contributed by atoms with E-state index in [0.29, 0.717) is 11.8 Å². The first kappa shape index (κ1) is 32.2. The fourth-order valence-electron chi connectivity index (χ4n) is 9.19. The third kappa shape index (κ3) is 5.39. The summed E-state index contributed by atoms with van der Waals surface area (Å²) in [6, 6.07) is 67.0. The molecule has 2 aliphatic carbocycles. The maximum absolute atomic E-state index is 2.46. The molecule has 2 aliphatic rings. The number of nitrogens with zero attached hydrogens (tertiary/aromatic N) is 1. The third-order valence-corrected chi connectivity index (χ3v) is 12.0. The quantitative estimate of drug-likeness (QED) is 0.168. The summed E-state index contributed by atoms with van der Waals surface area (Å²) in [5.41, 5.74) is 13.9. The van der Waals surface area contributed by atoms with Crippen LogP contribution in [-0.2, 0) is 5.41 Å². The van der Waals surface area contributed by atoms with Crippen molar-refractivity contribution in [1.82, 2.24) is 0 Å². The van der Waals surface area contributed by atoms with Gasteiger partial charge in [0.05, 0.1) is 0 Å². The van der Waals surface area contributed by atoms with Crippen molar-refractivity contribution in [1.29, 1.82) is 0 Å². The van der Waals surface area contributed by atoms with Crippen LogP contribution in [0.15, 0.2) is 200 Å². The van der Waals surface area contributed by atoms with E-state index in [-0.39, 0.29) is 5.41 Å². The molecule has 0 radical (unpaired) electrons. The number of benzene rings is 8. The number of hydrogen-bond acceptors (Lipinski definition) is 1. The molecule has 10 rings (SSSR count). The highest BCUT2D eigenvalue weighted by molar-refractivity contribution is 5.99. The molecule has 2 unspecified atom stereocenters. The van der Waals surface area contributed by atoms with E-state index >= 15 is 0 Å². The zero-order chi connectivity index (χ0) is 36.2. The highest BCUT2D eigenvalue weighted by Gasteiger charge is 2.47. The van der Waals surface area contributed by atoms with E-state index in [0.717, 1.165) is 11.4 Å². The monoisotopic (exact) mass is 691 g/mol. The Morgan fingerprint density at radius 2 is 1.00 bits per heavy atom. The molecule has 0 aliphatic heterocycles. The van der Waals surface area contributed by atoms with Crippen molar-refractivity contribution in [2.45, 2.75) is 25.2 Å². The Morgan fingerprint density at radius 1 is 0.444 bits per heavy atom. The van der Waals surface area contributed by atoms with Crippen LogP contribution in [0.3, 0.4) is 0 Å². The van der Waals surface area contributed by atoms with Gasteiger partial charge in [-0.05, 0) is 132 Å². The van der Waals surface area contributed by atoms with E-state index in [1.165, 1.54) is 71.7 Å². The van der Waals surface area contributed by atoms with E-state index in [2.05, 4.69) is 219 Å². The van der Waals surface area contributed by atoms with Crippen molar-refractivity contribution in [2.75, 3.05) is 4.90 Å². The normalized spacial score (nSPS) is 16.9. The van der Waals surface area contributed by atoms with Crippen molar-refractivity contribution in [2.24, 2.45) is 5.92 Å². The summed E-state index contributed by atoms with van der Waals surface area (Å²) in [5.74, 6) is 0.728. The fraction of sp³-hybridized carbons (Fsp3) is 0.0943. The van der Waals surface area contributed by atoms with Crippen molar-refractivity contribution >= 4 is 44.2 Å². The summed E-state index contributed by atoms with van der Waals surface area (Å²) >= 11 is 0. The van der Waals surface area contributed by atoms with E-state index in [1.54, 1.807) is 0 Å². The highest BCUT2D eigenvalue weighted by atomic mass is 15.1. The first-order chi connectivity index (χ1) is 26.5. The second-order valence-corrected chi connectivity index (χ2v) is 15.4. The molecule has 0 fully saturated rings. The molecule has 1 heteroatoms. The molecule has 8 aromatic carbocycles. The van der Waals surface area contributed by atoms with Gasteiger partial charge in [0.2, 0.25) is 0 Å². The van der Waals surface area contributed by atoms with Gasteiger partial charge in [-0.2, -0.15) is 0 Å². The van der Waals surface area contributed by atoms with Crippen LogP contribution >= 0.6 is 0 Å². The van der Waals surface area contributed by atoms with Crippen molar-refractivity contribution < 1.29 is 0 Å². The molecule has 0 amide bonds. The lowest BCUT2D eigenvalue weighted by atomic mass is 9.71. The van der Waals surface area contributed by atoms with Gasteiger partial charge in [0.1, 0.15) is 0 Å². The van der Waals surface area contributed by atoms with Gasteiger partial charge < -0.3 is 4.90 Å². The Bertz CT molecular complexity index is 2730. The van der Waals surface area contributed by atoms with Crippen molar-refractivity contribution in [3.05, 3.63) is 217 Å². The summed E-state index contributed by atoms with van der Waals surface area (Å²) in [6.07, 6.45) is 7.04. The van der Waals surface area contributed by atoms with E-state index in [4.69, 9.17) is 0 Å². The molecule has 0 aromatic heterocycles. The van der Waals surface area contributed by atoms with Crippen LogP contribution in [0, 0.1) is 5.92 Å². The molecule has 2 atom stereocenters. The SMILES string of the molecule is CC1(C)c2cc(N(c3ccccc3)c3ccc(-c4cc5ccccc5cc4-c4ccc5ccccc5c4)cc3)ccc2C2C(c3ccccc3)=CC=CC21. The number of allylic oxidation sites excluding steroid dienone is 4. The summed E-state index contributed by atoms with van der Waals surface area (Å²) < 4.78 is 0. The van der Waals surface area contributed by atoms with Gasteiger partial charge in [0.25, 0.3) is 0 Å². The molecule has 0 spiro atoms. The molecular weight excluding hydrogens is 651 g/mol. The average molecular weight is 692 g/mol. The second kappa shape index (κ2) is 12.9. The van der Waals surface area contributed by atoms with Crippen LogP contribution in [0.2, 0.25) is 0 Å². The Kier molecular flexibility index (Phi) is 7.70. The Balaban J connectivity index is 1.07. The summed E-state index contributed by atoms with van der Waals surface area (Å²) in [5, 5.41) is 5.00.